The molecule has 0 amide bonds. The van der Waals surface area contributed by atoms with Crippen LogP contribution in [0.4, 0.5) is 0 Å². The van der Waals surface area contributed by atoms with Crippen molar-refractivity contribution < 1.29 is 4.79 Å². The maximum atomic E-state index is 12.4. The molecule has 2 aromatic rings. The summed E-state index contributed by atoms with van der Waals surface area (Å²) in [4.78, 5) is 16.0. The largest absolute Gasteiger partial charge is 0.293 e. The normalized spacial score (nSPS) is 19.1. The summed E-state index contributed by atoms with van der Waals surface area (Å²) < 4.78 is 1.05. The summed E-state index contributed by atoms with van der Waals surface area (Å²) in [6, 6.07) is 4.11. The summed E-state index contributed by atoms with van der Waals surface area (Å²) in [5.74, 6) is 0.0451. The van der Waals surface area contributed by atoms with Gasteiger partial charge in [-0.05, 0) is 36.4 Å². The van der Waals surface area contributed by atoms with Gasteiger partial charge in [0.2, 0.25) is 0 Å². The quantitative estimate of drug-likeness (QED) is 0.736. The average Bonchev–Trinajstić information content (AvgIpc) is 2.99. The van der Waals surface area contributed by atoms with Gasteiger partial charge in [0.25, 0.3) is 0 Å². The lowest BCUT2D eigenvalue weighted by Gasteiger charge is -2.32. The molecule has 0 aromatic carbocycles. The minimum atomic E-state index is 0.0451. The molecule has 1 aliphatic rings. The molecule has 2 nitrogen and oxygen atoms in total. The molecule has 0 N–H and O–H groups in total. The van der Waals surface area contributed by atoms with Crippen molar-refractivity contribution in [3.63, 3.8) is 0 Å². The Morgan fingerprint density at radius 1 is 1.50 bits per heavy atom. The number of thiophene rings is 2. The zero-order valence-corrected chi connectivity index (χ0v) is 14.0. The highest BCUT2D eigenvalue weighted by Crippen LogP contribution is 2.34. The summed E-state index contributed by atoms with van der Waals surface area (Å²) in [6.45, 7) is 3.46. The van der Waals surface area contributed by atoms with Crippen LogP contribution in [0.1, 0.15) is 33.8 Å². The van der Waals surface area contributed by atoms with Crippen molar-refractivity contribution in [3.05, 3.63) is 42.2 Å². The number of hydrogen-bond acceptors (Lipinski definition) is 4. The summed E-state index contributed by atoms with van der Waals surface area (Å²) in [5, 5.41) is 2.13. The summed E-state index contributed by atoms with van der Waals surface area (Å²) in [5.41, 5.74) is 1.90. The molecule has 0 radical (unpaired) electrons. The standard InChI is InChI=1S/C14H13Cl2NOS2/c1-8-9-3-5-19-12(9)2-4-17(8)7-11(18)10-6-13(15)20-14(10)16/h3,5-6,8H,2,4,7H2,1H3. The van der Waals surface area contributed by atoms with Gasteiger partial charge in [-0.15, -0.1) is 22.7 Å². The van der Waals surface area contributed by atoms with Crippen molar-refractivity contribution in [1.82, 2.24) is 4.90 Å². The molecule has 20 heavy (non-hydrogen) atoms. The number of carbonyl (C=O) groups excluding carboxylic acids is 1. The van der Waals surface area contributed by atoms with E-state index < -0.39 is 0 Å². The van der Waals surface area contributed by atoms with Crippen LogP contribution < -0.4 is 0 Å². The lowest BCUT2D eigenvalue weighted by Crippen LogP contribution is -2.37. The molecule has 106 valence electrons. The highest BCUT2D eigenvalue weighted by atomic mass is 35.5. The van der Waals surface area contributed by atoms with Gasteiger partial charge in [-0.3, -0.25) is 9.69 Å². The first-order valence-electron chi connectivity index (χ1n) is 6.34. The number of ketones is 1. The van der Waals surface area contributed by atoms with E-state index in [1.54, 1.807) is 17.4 Å². The van der Waals surface area contributed by atoms with Gasteiger partial charge in [0.1, 0.15) is 4.34 Å². The summed E-state index contributed by atoms with van der Waals surface area (Å²) in [7, 11) is 0. The number of rotatable bonds is 3. The van der Waals surface area contributed by atoms with Crippen LogP contribution in [0.15, 0.2) is 17.5 Å². The van der Waals surface area contributed by atoms with Gasteiger partial charge in [0, 0.05) is 17.5 Å². The molecule has 3 heterocycles. The zero-order chi connectivity index (χ0) is 14.3. The van der Waals surface area contributed by atoms with Crippen LogP contribution in [0.3, 0.4) is 0 Å². The Labute approximate surface area is 135 Å². The third kappa shape index (κ3) is 2.68. The van der Waals surface area contributed by atoms with E-state index >= 15 is 0 Å². The molecule has 0 fully saturated rings. The van der Waals surface area contributed by atoms with Crippen LogP contribution >= 0.6 is 45.9 Å². The molecule has 0 saturated heterocycles. The number of Topliss-reactive ketones (excluding diaryl/α,β-unsaturated/α-hetero) is 1. The minimum absolute atomic E-state index is 0.0451. The Balaban J connectivity index is 1.76. The molecule has 2 aromatic heterocycles. The van der Waals surface area contributed by atoms with E-state index in [2.05, 4.69) is 23.3 Å². The lowest BCUT2D eigenvalue weighted by molar-refractivity contribution is 0.0892. The van der Waals surface area contributed by atoms with Crippen molar-refractivity contribution in [2.75, 3.05) is 13.1 Å². The third-order valence-electron chi connectivity index (χ3n) is 3.71. The molecule has 1 atom stereocenters. The fraction of sp³-hybridized carbons (Fsp3) is 0.357. The average molecular weight is 346 g/mol. The number of hydrogen-bond donors (Lipinski definition) is 0. The maximum absolute atomic E-state index is 12.4. The third-order valence-corrected chi connectivity index (χ3v) is 6.19. The fourth-order valence-electron chi connectivity index (χ4n) is 2.58. The second kappa shape index (κ2) is 5.78. The van der Waals surface area contributed by atoms with Gasteiger partial charge in [-0.2, -0.15) is 0 Å². The molecule has 0 aliphatic carbocycles. The van der Waals surface area contributed by atoms with Gasteiger partial charge in [-0.25, -0.2) is 0 Å². The SMILES string of the molecule is CC1c2ccsc2CCN1CC(=O)c1cc(Cl)sc1Cl. The molecular formula is C14H13Cl2NOS2. The van der Waals surface area contributed by atoms with E-state index in [4.69, 9.17) is 23.2 Å². The van der Waals surface area contributed by atoms with Crippen molar-refractivity contribution in [3.8, 4) is 0 Å². The lowest BCUT2D eigenvalue weighted by atomic mass is 10.0. The molecule has 1 aliphatic heterocycles. The predicted octanol–water partition coefficient (Wildman–Crippen LogP) is 4.92. The molecule has 0 spiro atoms. The van der Waals surface area contributed by atoms with Gasteiger partial charge in [0.15, 0.2) is 5.78 Å². The molecule has 0 bridgehead atoms. The van der Waals surface area contributed by atoms with Gasteiger partial charge < -0.3 is 0 Å². The van der Waals surface area contributed by atoms with Crippen LogP contribution in [-0.4, -0.2) is 23.8 Å². The van der Waals surface area contributed by atoms with Gasteiger partial charge >= 0.3 is 0 Å². The summed E-state index contributed by atoms with van der Waals surface area (Å²) >= 11 is 15.0. The molecule has 0 saturated carbocycles. The Kier molecular flexibility index (Phi) is 4.20. The predicted molar refractivity (Wildman–Crippen MR) is 86.7 cm³/mol. The zero-order valence-electron chi connectivity index (χ0n) is 10.9. The van der Waals surface area contributed by atoms with Gasteiger partial charge in [-0.1, -0.05) is 23.2 Å². The van der Waals surface area contributed by atoms with Crippen LogP contribution in [0, 0.1) is 0 Å². The van der Waals surface area contributed by atoms with Crippen LogP contribution in [0.25, 0.3) is 0 Å². The minimum Gasteiger partial charge on any atom is -0.293 e. The van der Waals surface area contributed by atoms with Crippen molar-refractivity contribution in [2.45, 2.75) is 19.4 Å². The second-order valence-corrected chi connectivity index (χ2v) is 8.14. The van der Waals surface area contributed by atoms with E-state index in [1.807, 2.05) is 0 Å². The van der Waals surface area contributed by atoms with Crippen LogP contribution in [-0.2, 0) is 6.42 Å². The molecular weight excluding hydrogens is 333 g/mol. The fourth-order valence-corrected chi connectivity index (χ4v) is 5.04. The Bertz CT molecular complexity index is 649. The monoisotopic (exact) mass is 345 g/mol. The Morgan fingerprint density at radius 3 is 3.00 bits per heavy atom. The van der Waals surface area contributed by atoms with Crippen molar-refractivity contribution >= 4 is 51.7 Å². The van der Waals surface area contributed by atoms with Crippen molar-refractivity contribution in [2.24, 2.45) is 0 Å². The smallest absolute Gasteiger partial charge is 0.179 e. The molecule has 3 rings (SSSR count). The van der Waals surface area contributed by atoms with E-state index in [1.165, 1.54) is 21.8 Å². The summed E-state index contributed by atoms with van der Waals surface area (Å²) in [6.07, 6.45) is 1.02. The van der Waals surface area contributed by atoms with Crippen LogP contribution in [0.2, 0.25) is 8.67 Å². The van der Waals surface area contributed by atoms with E-state index in [0.29, 0.717) is 20.8 Å². The first-order valence-corrected chi connectivity index (χ1v) is 8.80. The van der Waals surface area contributed by atoms with Gasteiger partial charge in [0.05, 0.1) is 16.4 Å². The number of fused-ring (bicyclic) bond motifs is 1. The second-order valence-electron chi connectivity index (χ2n) is 4.86. The molecule has 1 unspecified atom stereocenters. The number of nitrogens with zero attached hydrogens (tertiary/aromatic N) is 1. The highest BCUT2D eigenvalue weighted by Gasteiger charge is 2.27. The van der Waals surface area contributed by atoms with Crippen LogP contribution in [0.5, 0.6) is 0 Å². The number of halogens is 2. The van der Waals surface area contributed by atoms with E-state index in [-0.39, 0.29) is 11.8 Å². The first-order chi connectivity index (χ1) is 9.56. The van der Waals surface area contributed by atoms with E-state index in [9.17, 15) is 4.79 Å². The maximum Gasteiger partial charge on any atom is 0.179 e. The first kappa shape index (κ1) is 14.5. The molecule has 6 heteroatoms. The Morgan fingerprint density at radius 2 is 2.30 bits per heavy atom. The Hall–Kier alpha value is -0.390. The van der Waals surface area contributed by atoms with E-state index in [0.717, 1.165) is 13.0 Å². The number of carbonyl (C=O) groups is 1. The van der Waals surface area contributed by atoms with Crippen molar-refractivity contribution in [1.29, 1.82) is 0 Å². The highest BCUT2D eigenvalue weighted by molar-refractivity contribution is 7.20. The topological polar surface area (TPSA) is 20.3 Å².